The summed E-state index contributed by atoms with van der Waals surface area (Å²) in [6, 6.07) is 8.01. The van der Waals surface area contributed by atoms with E-state index in [2.05, 4.69) is 23.3 Å². The Morgan fingerprint density at radius 2 is 2.18 bits per heavy atom. The standard InChI is InChI=1S/C17H18N2O3/c1-10-12-4-2-3-5-13(12)22-14(10)8-18-17(20)16-15(11-6-7-11)19-9-21-16/h2-5,9-11,14H,6-8H2,1H3,(H,18,20)/t10-,14-/m1/s1. The van der Waals surface area contributed by atoms with Gasteiger partial charge < -0.3 is 14.5 Å². The zero-order chi connectivity index (χ0) is 15.1. The lowest BCUT2D eigenvalue weighted by Crippen LogP contribution is -2.36. The monoisotopic (exact) mass is 298 g/mol. The van der Waals surface area contributed by atoms with E-state index >= 15 is 0 Å². The Hall–Kier alpha value is -2.30. The van der Waals surface area contributed by atoms with Crippen LogP contribution in [0.3, 0.4) is 0 Å². The van der Waals surface area contributed by atoms with Crippen LogP contribution in [0.4, 0.5) is 0 Å². The van der Waals surface area contributed by atoms with Gasteiger partial charge in [-0.1, -0.05) is 25.1 Å². The molecule has 0 radical (unpaired) electrons. The second-order valence-electron chi connectivity index (χ2n) is 6.03. The second-order valence-corrected chi connectivity index (χ2v) is 6.03. The molecule has 5 nitrogen and oxygen atoms in total. The predicted molar refractivity (Wildman–Crippen MR) is 80.1 cm³/mol. The molecule has 1 saturated carbocycles. The number of oxazole rings is 1. The van der Waals surface area contributed by atoms with Crippen LogP contribution in [0.1, 0.15) is 53.4 Å². The fourth-order valence-electron chi connectivity index (χ4n) is 2.99. The third-order valence-corrected chi connectivity index (χ3v) is 4.47. The van der Waals surface area contributed by atoms with Crippen molar-refractivity contribution in [3.8, 4) is 5.75 Å². The summed E-state index contributed by atoms with van der Waals surface area (Å²) in [5, 5.41) is 2.92. The lowest BCUT2D eigenvalue weighted by atomic mass is 9.97. The summed E-state index contributed by atoms with van der Waals surface area (Å²) in [5.41, 5.74) is 1.99. The molecule has 1 N–H and O–H groups in total. The molecule has 114 valence electrons. The molecule has 1 amide bonds. The van der Waals surface area contributed by atoms with Crippen LogP contribution in [-0.4, -0.2) is 23.5 Å². The number of para-hydroxylation sites is 1. The Bertz CT molecular complexity index is 705. The van der Waals surface area contributed by atoms with Crippen LogP contribution in [0.15, 0.2) is 35.1 Å². The number of carbonyl (C=O) groups is 1. The first-order chi connectivity index (χ1) is 10.7. The molecular weight excluding hydrogens is 280 g/mol. The molecule has 5 heteroatoms. The van der Waals surface area contributed by atoms with E-state index in [1.54, 1.807) is 0 Å². The zero-order valence-corrected chi connectivity index (χ0v) is 12.4. The van der Waals surface area contributed by atoms with Crippen LogP contribution in [0.2, 0.25) is 0 Å². The fraction of sp³-hybridized carbons (Fsp3) is 0.412. The van der Waals surface area contributed by atoms with Gasteiger partial charge in [-0.2, -0.15) is 0 Å². The number of ether oxygens (including phenoxy) is 1. The molecule has 2 atom stereocenters. The fourth-order valence-corrected chi connectivity index (χ4v) is 2.99. The number of aromatic nitrogens is 1. The third-order valence-electron chi connectivity index (χ3n) is 4.47. The zero-order valence-electron chi connectivity index (χ0n) is 12.4. The molecule has 1 aromatic carbocycles. The molecule has 2 aliphatic rings. The number of amides is 1. The predicted octanol–water partition coefficient (Wildman–Crippen LogP) is 2.85. The molecule has 1 aliphatic heterocycles. The van der Waals surface area contributed by atoms with E-state index in [1.807, 2.05) is 18.2 Å². The lowest BCUT2D eigenvalue weighted by Gasteiger charge is -2.15. The Labute approximate surface area is 128 Å². The van der Waals surface area contributed by atoms with Gasteiger partial charge in [-0.3, -0.25) is 4.79 Å². The summed E-state index contributed by atoms with van der Waals surface area (Å²) >= 11 is 0. The minimum atomic E-state index is -0.203. The number of rotatable bonds is 4. The number of nitrogens with one attached hydrogen (secondary N) is 1. The highest BCUT2D eigenvalue weighted by molar-refractivity contribution is 5.92. The molecule has 2 aromatic rings. The summed E-state index contributed by atoms with van der Waals surface area (Å²) in [7, 11) is 0. The first kappa shape index (κ1) is 13.4. The van der Waals surface area contributed by atoms with Gasteiger partial charge in [-0.05, 0) is 18.9 Å². The Morgan fingerprint density at radius 1 is 1.36 bits per heavy atom. The van der Waals surface area contributed by atoms with Gasteiger partial charge in [0.05, 0.1) is 12.2 Å². The average Bonchev–Trinajstić information content (AvgIpc) is 3.17. The van der Waals surface area contributed by atoms with Crippen molar-refractivity contribution in [3.63, 3.8) is 0 Å². The Morgan fingerprint density at radius 3 is 2.95 bits per heavy atom. The average molecular weight is 298 g/mol. The van der Waals surface area contributed by atoms with Crippen LogP contribution >= 0.6 is 0 Å². The number of carbonyl (C=O) groups excluding carboxylic acids is 1. The van der Waals surface area contributed by atoms with Crippen molar-refractivity contribution in [3.05, 3.63) is 47.7 Å². The van der Waals surface area contributed by atoms with Crippen LogP contribution < -0.4 is 10.1 Å². The minimum Gasteiger partial charge on any atom is -0.488 e. The number of nitrogens with zero attached hydrogens (tertiary/aromatic N) is 1. The maximum atomic E-state index is 12.3. The summed E-state index contributed by atoms with van der Waals surface area (Å²) in [5.74, 6) is 1.71. The van der Waals surface area contributed by atoms with Gasteiger partial charge in [0.2, 0.25) is 5.76 Å². The van der Waals surface area contributed by atoms with Gasteiger partial charge in [0.1, 0.15) is 11.9 Å². The molecule has 1 fully saturated rings. The van der Waals surface area contributed by atoms with E-state index in [1.165, 1.54) is 12.0 Å². The molecule has 0 bridgehead atoms. The van der Waals surface area contributed by atoms with Gasteiger partial charge in [0.25, 0.3) is 5.91 Å². The molecule has 4 rings (SSSR count). The highest BCUT2D eigenvalue weighted by Gasteiger charge is 2.34. The van der Waals surface area contributed by atoms with Gasteiger partial charge >= 0.3 is 0 Å². The van der Waals surface area contributed by atoms with Crippen molar-refractivity contribution in [1.82, 2.24) is 10.3 Å². The van der Waals surface area contributed by atoms with Crippen LogP contribution in [0, 0.1) is 0 Å². The van der Waals surface area contributed by atoms with Crippen LogP contribution in [-0.2, 0) is 0 Å². The van der Waals surface area contributed by atoms with E-state index in [4.69, 9.17) is 9.15 Å². The van der Waals surface area contributed by atoms with Gasteiger partial charge in [0.15, 0.2) is 6.39 Å². The Kier molecular flexibility index (Phi) is 3.13. The molecule has 2 heterocycles. The largest absolute Gasteiger partial charge is 0.488 e. The van der Waals surface area contributed by atoms with Gasteiger partial charge in [0, 0.05) is 17.4 Å². The molecule has 1 aromatic heterocycles. The summed E-state index contributed by atoms with van der Waals surface area (Å²) in [4.78, 5) is 16.5. The summed E-state index contributed by atoms with van der Waals surface area (Å²) in [6.45, 7) is 2.58. The third kappa shape index (κ3) is 2.26. The number of hydrogen-bond donors (Lipinski definition) is 1. The van der Waals surface area contributed by atoms with E-state index in [9.17, 15) is 4.79 Å². The highest BCUT2D eigenvalue weighted by atomic mass is 16.5. The molecule has 0 unspecified atom stereocenters. The van der Waals surface area contributed by atoms with Crippen LogP contribution in [0.5, 0.6) is 5.75 Å². The number of benzene rings is 1. The van der Waals surface area contributed by atoms with Crippen molar-refractivity contribution in [2.24, 2.45) is 0 Å². The van der Waals surface area contributed by atoms with E-state index < -0.39 is 0 Å². The van der Waals surface area contributed by atoms with Crippen molar-refractivity contribution in [1.29, 1.82) is 0 Å². The number of fused-ring (bicyclic) bond motifs is 1. The maximum absolute atomic E-state index is 12.3. The normalized spacial score (nSPS) is 23.0. The number of hydrogen-bond acceptors (Lipinski definition) is 4. The SMILES string of the molecule is C[C@@H]1c2ccccc2O[C@@H]1CNC(=O)c1ocnc1C1CC1. The Balaban J connectivity index is 1.41. The maximum Gasteiger partial charge on any atom is 0.289 e. The van der Waals surface area contributed by atoms with E-state index in [-0.39, 0.29) is 17.9 Å². The van der Waals surface area contributed by atoms with E-state index in [0.717, 1.165) is 24.3 Å². The minimum absolute atomic E-state index is 0.0475. The topological polar surface area (TPSA) is 64.4 Å². The van der Waals surface area contributed by atoms with Crippen molar-refractivity contribution >= 4 is 5.91 Å². The quantitative estimate of drug-likeness (QED) is 0.942. The van der Waals surface area contributed by atoms with Gasteiger partial charge in [-0.15, -0.1) is 0 Å². The van der Waals surface area contributed by atoms with Crippen molar-refractivity contribution < 1.29 is 13.9 Å². The second kappa shape index (κ2) is 5.16. The molecular formula is C17H18N2O3. The molecule has 0 saturated heterocycles. The first-order valence-corrected chi connectivity index (χ1v) is 7.71. The van der Waals surface area contributed by atoms with Crippen LogP contribution in [0.25, 0.3) is 0 Å². The molecule has 1 aliphatic carbocycles. The highest BCUT2D eigenvalue weighted by Crippen LogP contribution is 2.41. The smallest absolute Gasteiger partial charge is 0.289 e. The molecule has 22 heavy (non-hydrogen) atoms. The summed E-state index contributed by atoms with van der Waals surface area (Å²) in [6.07, 6.45) is 3.48. The first-order valence-electron chi connectivity index (χ1n) is 7.71. The van der Waals surface area contributed by atoms with Gasteiger partial charge in [-0.25, -0.2) is 4.98 Å². The van der Waals surface area contributed by atoms with E-state index in [0.29, 0.717) is 18.2 Å². The lowest BCUT2D eigenvalue weighted by molar-refractivity contribution is 0.0900. The van der Waals surface area contributed by atoms with Crippen molar-refractivity contribution in [2.45, 2.75) is 37.7 Å². The summed E-state index contributed by atoms with van der Waals surface area (Å²) < 4.78 is 11.2. The van der Waals surface area contributed by atoms with Crippen molar-refractivity contribution in [2.75, 3.05) is 6.54 Å². The molecule has 0 spiro atoms.